The third-order valence-corrected chi connectivity index (χ3v) is 11.6. The molecule has 172 valence electrons. The molecule has 0 fully saturated rings. The highest BCUT2D eigenvalue weighted by Gasteiger charge is 2.21. The van der Waals surface area contributed by atoms with E-state index in [0.29, 0.717) is 0 Å². The molecule has 2 nitrogen and oxygen atoms in total. The fourth-order valence-corrected chi connectivity index (χ4v) is 9.87. The number of hydrogen-bond donors (Lipinski definition) is 2. The molecule has 34 heavy (non-hydrogen) atoms. The van der Waals surface area contributed by atoms with Crippen LogP contribution >= 0.6 is 15.8 Å². The molecule has 4 aromatic rings. The summed E-state index contributed by atoms with van der Waals surface area (Å²) in [6.45, 7) is 1.94. The Morgan fingerprint density at radius 3 is 1.32 bits per heavy atom. The molecule has 0 aliphatic carbocycles. The van der Waals surface area contributed by atoms with Gasteiger partial charge in [0.25, 0.3) is 0 Å². The molecule has 2 N–H and O–H groups in total. The Bertz CT molecular complexity index is 1090. The Morgan fingerprint density at radius 2 is 0.853 bits per heavy atom. The zero-order valence-corrected chi connectivity index (χ0v) is 21.3. The monoisotopic (exact) mass is 482 g/mol. The van der Waals surface area contributed by atoms with Gasteiger partial charge in [-0.2, -0.15) is 0 Å². The second-order valence-electron chi connectivity index (χ2n) is 8.57. The smallest absolute Gasteiger partial charge is 0.0421 e. The van der Waals surface area contributed by atoms with Gasteiger partial charge in [-0.25, -0.2) is 0 Å². The normalized spacial score (nSPS) is 18.9. The molecule has 0 saturated carbocycles. The number of anilines is 2. The predicted molar refractivity (Wildman–Crippen MR) is 154 cm³/mol. The standard InChI is InChI=1S/C30H32N2P2/c1-3-13-25(14-4-1)33-23-12-24-34(26-15-5-2-6-16-26)30-20-10-8-18-28(30)32-22-11-21-31-27-17-7-9-19-29(27)33/h1-10,13-20,31-32H,11-12,21-24H2. The zero-order valence-electron chi connectivity index (χ0n) is 19.5. The summed E-state index contributed by atoms with van der Waals surface area (Å²) in [4.78, 5) is 0. The van der Waals surface area contributed by atoms with Crippen molar-refractivity contribution in [1.29, 1.82) is 0 Å². The minimum absolute atomic E-state index is 0.414. The molecule has 0 amide bonds. The first-order valence-electron chi connectivity index (χ1n) is 12.2. The van der Waals surface area contributed by atoms with Gasteiger partial charge >= 0.3 is 0 Å². The van der Waals surface area contributed by atoms with E-state index in [0.717, 1.165) is 19.5 Å². The van der Waals surface area contributed by atoms with Crippen molar-refractivity contribution in [3.05, 3.63) is 109 Å². The lowest BCUT2D eigenvalue weighted by Gasteiger charge is -2.26. The molecule has 4 heteroatoms. The maximum absolute atomic E-state index is 3.76. The lowest BCUT2D eigenvalue weighted by atomic mass is 10.3. The summed E-state index contributed by atoms with van der Waals surface area (Å²) < 4.78 is 0. The summed E-state index contributed by atoms with van der Waals surface area (Å²) in [6.07, 6.45) is 4.71. The molecule has 2 atom stereocenters. The first kappa shape index (κ1) is 23.1. The molecular weight excluding hydrogens is 450 g/mol. The number of para-hydroxylation sites is 2. The van der Waals surface area contributed by atoms with Crippen LogP contribution in [0.4, 0.5) is 11.4 Å². The molecule has 2 unspecified atom stereocenters. The van der Waals surface area contributed by atoms with E-state index in [1.807, 2.05) is 0 Å². The summed E-state index contributed by atoms with van der Waals surface area (Å²) >= 11 is 0. The number of benzene rings is 4. The molecule has 0 bridgehead atoms. The van der Waals surface area contributed by atoms with Gasteiger partial charge in [-0.3, -0.25) is 0 Å². The van der Waals surface area contributed by atoms with Crippen molar-refractivity contribution in [1.82, 2.24) is 0 Å². The van der Waals surface area contributed by atoms with E-state index < -0.39 is 15.8 Å². The lowest BCUT2D eigenvalue weighted by Crippen LogP contribution is -2.23. The topological polar surface area (TPSA) is 24.1 Å². The van der Waals surface area contributed by atoms with Crippen LogP contribution in [0.2, 0.25) is 0 Å². The molecule has 5 rings (SSSR count). The molecule has 1 aliphatic rings. The molecule has 1 heterocycles. The van der Waals surface area contributed by atoms with Crippen molar-refractivity contribution in [3.63, 3.8) is 0 Å². The summed E-state index contributed by atoms with van der Waals surface area (Å²) in [5, 5.41) is 13.4. The number of nitrogens with one attached hydrogen (secondary N) is 2. The molecule has 4 aromatic carbocycles. The van der Waals surface area contributed by atoms with Crippen LogP contribution in [0.3, 0.4) is 0 Å². The van der Waals surface area contributed by atoms with E-state index in [9.17, 15) is 0 Å². The van der Waals surface area contributed by atoms with Gasteiger partial charge in [-0.05, 0) is 63.8 Å². The van der Waals surface area contributed by atoms with Crippen LogP contribution in [-0.4, -0.2) is 25.4 Å². The van der Waals surface area contributed by atoms with Crippen molar-refractivity contribution in [3.8, 4) is 0 Å². The molecule has 1 aliphatic heterocycles. The molecular formula is C30H32N2P2. The van der Waals surface area contributed by atoms with E-state index in [1.165, 1.54) is 51.3 Å². The summed E-state index contributed by atoms with van der Waals surface area (Å²) in [6, 6.07) is 40.3. The molecule has 0 aromatic heterocycles. The highest BCUT2D eigenvalue weighted by molar-refractivity contribution is 7.74. The Balaban J connectivity index is 1.51. The SMILES string of the molecule is c1ccc(P2CCCP(c3ccccc3)c3ccccc3NCCCNc3ccccc32)cc1. The number of hydrogen-bond acceptors (Lipinski definition) is 2. The van der Waals surface area contributed by atoms with E-state index in [2.05, 4.69) is 120 Å². The molecule has 0 spiro atoms. The third-order valence-electron chi connectivity index (χ3n) is 6.27. The number of rotatable bonds is 2. The van der Waals surface area contributed by atoms with E-state index in [-0.39, 0.29) is 0 Å². The van der Waals surface area contributed by atoms with Gasteiger partial charge in [0.1, 0.15) is 0 Å². The van der Waals surface area contributed by atoms with Crippen molar-refractivity contribution in [2.24, 2.45) is 0 Å². The first-order valence-corrected chi connectivity index (χ1v) is 15.3. The minimum atomic E-state index is -0.414. The summed E-state index contributed by atoms with van der Waals surface area (Å²) in [5.74, 6) is 0. The Hall–Kier alpha value is -2.66. The van der Waals surface area contributed by atoms with Crippen LogP contribution in [0.25, 0.3) is 0 Å². The second-order valence-corrected chi connectivity index (χ2v) is 13.2. The first-order chi connectivity index (χ1) is 16.9. The van der Waals surface area contributed by atoms with Crippen molar-refractivity contribution in [2.45, 2.75) is 12.8 Å². The maximum Gasteiger partial charge on any atom is 0.0421 e. The van der Waals surface area contributed by atoms with Gasteiger partial charge in [0.15, 0.2) is 0 Å². The van der Waals surface area contributed by atoms with Crippen LogP contribution in [0, 0.1) is 0 Å². The van der Waals surface area contributed by atoms with Gasteiger partial charge in [-0.15, -0.1) is 0 Å². The van der Waals surface area contributed by atoms with Gasteiger partial charge in [0.05, 0.1) is 0 Å². The van der Waals surface area contributed by atoms with Crippen LogP contribution < -0.4 is 31.9 Å². The molecule has 0 radical (unpaired) electrons. The number of fused-ring (bicyclic) bond motifs is 2. The van der Waals surface area contributed by atoms with Crippen molar-refractivity contribution < 1.29 is 0 Å². The minimum Gasteiger partial charge on any atom is -0.384 e. The van der Waals surface area contributed by atoms with Crippen LogP contribution in [-0.2, 0) is 0 Å². The van der Waals surface area contributed by atoms with E-state index in [4.69, 9.17) is 0 Å². The highest BCUT2D eigenvalue weighted by Crippen LogP contribution is 2.42. The van der Waals surface area contributed by atoms with Crippen LogP contribution in [0.15, 0.2) is 109 Å². The van der Waals surface area contributed by atoms with Gasteiger partial charge in [-0.1, -0.05) is 97.1 Å². The van der Waals surface area contributed by atoms with Gasteiger partial charge < -0.3 is 10.6 Å². The maximum atomic E-state index is 3.76. The molecule has 0 saturated heterocycles. The van der Waals surface area contributed by atoms with Crippen LogP contribution in [0.5, 0.6) is 0 Å². The Morgan fingerprint density at radius 1 is 0.441 bits per heavy atom. The second kappa shape index (κ2) is 11.7. The van der Waals surface area contributed by atoms with E-state index in [1.54, 1.807) is 0 Å². The fraction of sp³-hybridized carbons (Fsp3) is 0.200. The van der Waals surface area contributed by atoms with Crippen molar-refractivity contribution in [2.75, 3.05) is 36.0 Å². The quantitative estimate of drug-likeness (QED) is 0.349. The van der Waals surface area contributed by atoms with Crippen LogP contribution in [0.1, 0.15) is 12.8 Å². The third kappa shape index (κ3) is 5.52. The average Bonchev–Trinajstić information content (AvgIpc) is 2.90. The largest absolute Gasteiger partial charge is 0.384 e. The Kier molecular flexibility index (Phi) is 7.92. The average molecular weight is 483 g/mol. The van der Waals surface area contributed by atoms with Crippen molar-refractivity contribution >= 4 is 48.4 Å². The van der Waals surface area contributed by atoms with E-state index >= 15 is 0 Å². The summed E-state index contributed by atoms with van der Waals surface area (Å²) in [5.41, 5.74) is 2.61. The lowest BCUT2D eigenvalue weighted by molar-refractivity contribution is 0.911. The zero-order chi connectivity index (χ0) is 23.0. The van der Waals surface area contributed by atoms with Gasteiger partial charge in [0, 0.05) is 35.1 Å². The predicted octanol–water partition coefficient (Wildman–Crippen LogP) is 5.87. The van der Waals surface area contributed by atoms with Gasteiger partial charge in [0.2, 0.25) is 0 Å². The fourth-order valence-electron chi connectivity index (χ4n) is 4.63. The summed E-state index contributed by atoms with van der Waals surface area (Å²) in [7, 11) is -0.828. The Labute approximate surface area is 206 Å². The highest BCUT2D eigenvalue weighted by atomic mass is 31.1.